The van der Waals surface area contributed by atoms with E-state index in [2.05, 4.69) is 53.7 Å². The third kappa shape index (κ3) is 2.43. The molecule has 0 aromatic carbocycles. The third-order valence-electron chi connectivity index (χ3n) is 11.3. The van der Waals surface area contributed by atoms with Crippen molar-refractivity contribution in [2.45, 2.75) is 85.7 Å². The molecule has 4 saturated carbocycles. The fourth-order valence-corrected chi connectivity index (χ4v) is 9.10. The van der Waals surface area contributed by atoms with Gasteiger partial charge in [-0.1, -0.05) is 65.3 Å². The first-order valence-corrected chi connectivity index (χ1v) is 13.1. The number of fused-ring (bicyclic) bond motifs is 4. The Hall–Kier alpha value is -0.930. The number of halogens is 1. The van der Waals surface area contributed by atoms with Crippen LogP contribution < -0.4 is 0 Å². The van der Waals surface area contributed by atoms with Crippen LogP contribution in [0, 0.1) is 51.8 Å². The third-order valence-corrected chi connectivity index (χ3v) is 11.7. The SMILES string of the molecule is CC(C)[C@@H](C)/C=C/[C@@H](C)[C@H]1CC(=O)[C@]2(O)C3=C(Cl)C(=O)[C@]45C[C@H]4CC[C@]5(C)[C@H]3CC[C@]12C. The summed E-state index contributed by atoms with van der Waals surface area (Å²) in [7, 11) is 0. The molecule has 4 fully saturated rings. The highest BCUT2D eigenvalue weighted by molar-refractivity contribution is 6.44. The Labute approximate surface area is 198 Å². The Morgan fingerprint density at radius 3 is 2.31 bits per heavy atom. The van der Waals surface area contributed by atoms with Gasteiger partial charge in [-0.3, -0.25) is 9.59 Å². The number of Topliss-reactive ketones (excluding diaryl/α,β-unsaturated/α-hetero) is 2. The monoisotopic (exact) mass is 458 g/mol. The summed E-state index contributed by atoms with van der Waals surface area (Å²) in [5.41, 5.74) is -2.11. The average Bonchev–Trinajstić information content (AvgIpc) is 3.35. The van der Waals surface area contributed by atoms with Crippen LogP contribution in [0.25, 0.3) is 0 Å². The molecule has 1 spiro atoms. The predicted molar refractivity (Wildman–Crippen MR) is 127 cm³/mol. The molecule has 0 aromatic heterocycles. The van der Waals surface area contributed by atoms with Crippen LogP contribution in [0.1, 0.15) is 80.1 Å². The molecule has 0 aliphatic heterocycles. The van der Waals surface area contributed by atoms with Crippen molar-refractivity contribution in [3.63, 3.8) is 0 Å². The lowest BCUT2D eigenvalue weighted by molar-refractivity contribution is -0.149. The molecule has 0 unspecified atom stereocenters. The van der Waals surface area contributed by atoms with Crippen LogP contribution in [0.3, 0.4) is 0 Å². The minimum absolute atomic E-state index is 0.0167. The van der Waals surface area contributed by atoms with Crippen LogP contribution in [-0.4, -0.2) is 22.3 Å². The molecule has 0 heterocycles. The van der Waals surface area contributed by atoms with E-state index in [0.717, 1.165) is 32.1 Å². The molecular weight excluding hydrogens is 420 g/mol. The van der Waals surface area contributed by atoms with Crippen LogP contribution in [0.15, 0.2) is 22.8 Å². The second-order valence-electron chi connectivity index (χ2n) is 12.7. The fraction of sp³-hybridized carbons (Fsp3) is 0.786. The Morgan fingerprint density at radius 1 is 1.03 bits per heavy atom. The van der Waals surface area contributed by atoms with Crippen LogP contribution in [0.2, 0.25) is 0 Å². The maximum absolute atomic E-state index is 13.6. The van der Waals surface area contributed by atoms with Crippen LogP contribution in [-0.2, 0) is 9.59 Å². The van der Waals surface area contributed by atoms with Gasteiger partial charge in [0.25, 0.3) is 0 Å². The zero-order chi connectivity index (χ0) is 23.4. The molecule has 0 bridgehead atoms. The highest BCUT2D eigenvalue weighted by Crippen LogP contribution is 2.80. The van der Waals surface area contributed by atoms with E-state index >= 15 is 0 Å². The van der Waals surface area contributed by atoms with Gasteiger partial charge in [0.15, 0.2) is 17.2 Å². The lowest BCUT2D eigenvalue weighted by Crippen LogP contribution is -2.61. The van der Waals surface area contributed by atoms with Crippen molar-refractivity contribution in [1.82, 2.24) is 0 Å². The molecule has 9 atom stereocenters. The molecule has 0 aromatic rings. The van der Waals surface area contributed by atoms with Gasteiger partial charge >= 0.3 is 0 Å². The molecule has 0 radical (unpaired) electrons. The molecule has 4 heteroatoms. The Morgan fingerprint density at radius 2 is 1.69 bits per heavy atom. The van der Waals surface area contributed by atoms with E-state index in [0.29, 0.717) is 29.7 Å². The smallest absolute Gasteiger partial charge is 0.181 e. The van der Waals surface area contributed by atoms with E-state index in [-0.39, 0.29) is 45.2 Å². The highest BCUT2D eigenvalue weighted by atomic mass is 35.5. The number of aliphatic hydroxyl groups is 1. The molecule has 3 nitrogen and oxygen atoms in total. The van der Waals surface area contributed by atoms with Crippen molar-refractivity contribution in [1.29, 1.82) is 0 Å². The minimum atomic E-state index is -1.61. The van der Waals surface area contributed by atoms with Crippen LogP contribution in [0.5, 0.6) is 0 Å². The van der Waals surface area contributed by atoms with Gasteiger partial charge in [0.2, 0.25) is 0 Å². The summed E-state index contributed by atoms with van der Waals surface area (Å²) in [6, 6.07) is 0. The summed E-state index contributed by atoms with van der Waals surface area (Å²) in [6.07, 6.45) is 9.58. The number of allylic oxidation sites excluding steroid dienone is 3. The van der Waals surface area contributed by atoms with Gasteiger partial charge in [0.1, 0.15) is 0 Å². The van der Waals surface area contributed by atoms with Gasteiger partial charge in [0, 0.05) is 17.3 Å². The zero-order valence-electron chi connectivity index (χ0n) is 20.5. The molecule has 0 amide bonds. The minimum Gasteiger partial charge on any atom is -0.377 e. The van der Waals surface area contributed by atoms with Gasteiger partial charge in [-0.05, 0) is 78.6 Å². The maximum atomic E-state index is 13.6. The summed E-state index contributed by atoms with van der Waals surface area (Å²) in [5, 5.41) is 12.5. The van der Waals surface area contributed by atoms with E-state index in [1.54, 1.807) is 0 Å². The van der Waals surface area contributed by atoms with Crippen LogP contribution in [0.4, 0.5) is 0 Å². The summed E-state index contributed by atoms with van der Waals surface area (Å²) in [6.45, 7) is 13.2. The lowest BCUT2D eigenvalue weighted by Gasteiger charge is -2.57. The van der Waals surface area contributed by atoms with Crippen LogP contribution >= 0.6 is 11.6 Å². The standard InChI is InChI=1S/C28H39ClO3/c1-15(2)16(3)7-8-17(4)20-13-21(30)28(32)22-19(10-12-26(20,28)6)25(5)11-9-18-14-27(18,25)24(31)23(22)29/h7-8,15-20,32H,9-14H2,1-6H3/b8-7+/t16-,17+,18+,19-,20+,25+,26+,27-,28-/m0/s1. The topological polar surface area (TPSA) is 54.4 Å². The first-order chi connectivity index (χ1) is 14.9. The van der Waals surface area contributed by atoms with E-state index in [4.69, 9.17) is 11.6 Å². The second kappa shape index (κ2) is 6.81. The second-order valence-corrected chi connectivity index (χ2v) is 13.1. The number of carbonyl (C=O) groups excluding carboxylic acids is 2. The van der Waals surface area contributed by atoms with Gasteiger partial charge in [-0.2, -0.15) is 0 Å². The van der Waals surface area contributed by atoms with Crippen molar-refractivity contribution >= 4 is 23.2 Å². The highest BCUT2D eigenvalue weighted by Gasteiger charge is 2.80. The van der Waals surface area contributed by atoms with E-state index < -0.39 is 11.0 Å². The molecule has 0 saturated heterocycles. The molecule has 32 heavy (non-hydrogen) atoms. The van der Waals surface area contributed by atoms with E-state index in [1.807, 2.05) is 0 Å². The lowest BCUT2D eigenvalue weighted by atomic mass is 9.47. The molecular formula is C28H39ClO3. The van der Waals surface area contributed by atoms with Gasteiger partial charge in [-0.25, -0.2) is 0 Å². The summed E-state index contributed by atoms with van der Waals surface area (Å²) in [4.78, 5) is 27.2. The van der Waals surface area contributed by atoms with Gasteiger partial charge in [-0.15, -0.1) is 0 Å². The molecule has 5 rings (SSSR count). The number of rotatable bonds is 4. The largest absolute Gasteiger partial charge is 0.377 e. The molecule has 5 aliphatic carbocycles. The Bertz CT molecular complexity index is 948. The van der Waals surface area contributed by atoms with E-state index in [1.165, 1.54) is 0 Å². The Balaban J connectivity index is 1.56. The Kier molecular flexibility index (Phi) is 4.86. The average molecular weight is 459 g/mol. The summed E-state index contributed by atoms with van der Waals surface area (Å²) >= 11 is 6.84. The first kappa shape index (κ1) is 22.8. The fourth-order valence-electron chi connectivity index (χ4n) is 8.66. The van der Waals surface area contributed by atoms with Crippen molar-refractivity contribution in [3.8, 4) is 0 Å². The normalized spacial score (nSPS) is 49.2. The van der Waals surface area contributed by atoms with Crippen molar-refractivity contribution < 1.29 is 14.7 Å². The number of hydrogen-bond acceptors (Lipinski definition) is 3. The summed E-state index contributed by atoms with van der Waals surface area (Å²) < 4.78 is 0. The maximum Gasteiger partial charge on any atom is 0.181 e. The predicted octanol–water partition coefficient (Wildman–Crippen LogP) is 6.09. The zero-order valence-corrected chi connectivity index (χ0v) is 21.3. The molecule has 5 aliphatic rings. The number of hydrogen-bond donors (Lipinski definition) is 1. The molecule has 176 valence electrons. The van der Waals surface area contributed by atoms with E-state index in [9.17, 15) is 14.7 Å². The number of ketones is 2. The van der Waals surface area contributed by atoms with Crippen molar-refractivity contribution in [2.24, 2.45) is 51.8 Å². The quantitative estimate of drug-likeness (QED) is 0.518. The molecule has 1 N–H and O–H groups in total. The first-order valence-electron chi connectivity index (χ1n) is 12.7. The van der Waals surface area contributed by atoms with Gasteiger partial charge < -0.3 is 5.11 Å². The summed E-state index contributed by atoms with van der Waals surface area (Å²) in [5.74, 6) is 1.62. The number of carbonyl (C=O) groups is 2. The van der Waals surface area contributed by atoms with Gasteiger partial charge in [0.05, 0.1) is 5.03 Å². The van der Waals surface area contributed by atoms with Crippen molar-refractivity contribution in [3.05, 3.63) is 22.8 Å². The van der Waals surface area contributed by atoms with Crippen molar-refractivity contribution in [2.75, 3.05) is 0 Å².